The summed E-state index contributed by atoms with van der Waals surface area (Å²) in [6.45, 7) is 0.783. The molecule has 2 aliphatic rings. The average Bonchev–Trinajstić information content (AvgIpc) is 3.64. The van der Waals surface area contributed by atoms with Crippen LogP contribution >= 0.6 is 0 Å². The quantitative estimate of drug-likeness (QED) is 0.355. The molecule has 9 heteroatoms. The Hall–Kier alpha value is -3.85. The topological polar surface area (TPSA) is 91.2 Å². The maximum absolute atomic E-state index is 14.5. The van der Waals surface area contributed by atoms with E-state index in [1.54, 1.807) is 35.3 Å². The number of rotatable bonds is 8. The highest BCUT2D eigenvalue weighted by Crippen LogP contribution is 2.37. The molecule has 1 saturated carbocycles. The van der Waals surface area contributed by atoms with Gasteiger partial charge in [0.2, 0.25) is 5.95 Å². The third kappa shape index (κ3) is 4.67. The van der Waals surface area contributed by atoms with Crippen molar-refractivity contribution in [3.8, 4) is 5.75 Å². The molecule has 4 atom stereocenters. The summed E-state index contributed by atoms with van der Waals surface area (Å²) in [7, 11) is 3.24. The van der Waals surface area contributed by atoms with Crippen molar-refractivity contribution in [2.75, 3.05) is 19.0 Å². The van der Waals surface area contributed by atoms with Crippen molar-refractivity contribution in [3.05, 3.63) is 77.5 Å². The number of hydrogen-bond donors (Lipinski definition) is 1. The lowest BCUT2D eigenvalue weighted by Gasteiger charge is -2.22. The highest BCUT2D eigenvalue weighted by atomic mass is 19.1. The molecule has 2 aromatic carbocycles. The molecule has 1 N–H and O–H groups in total. The van der Waals surface area contributed by atoms with Crippen molar-refractivity contribution >= 4 is 22.6 Å². The van der Waals surface area contributed by atoms with Crippen LogP contribution in [0.5, 0.6) is 5.75 Å². The molecule has 0 amide bonds. The zero-order valence-corrected chi connectivity index (χ0v) is 20.7. The molecule has 0 unspecified atom stereocenters. The molecule has 4 aromatic rings. The highest BCUT2D eigenvalue weighted by molar-refractivity contribution is 5.99. The number of fused-ring (bicyclic) bond motifs is 3. The van der Waals surface area contributed by atoms with Gasteiger partial charge >= 0.3 is 0 Å². The van der Waals surface area contributed by atoms with Gasteiger partial charge < -0.3 is 14.8 Å². The lowest BCUT2D eigenvalue weighted by atomic mass is 9.87. The average molecular weight is 502 g/mol. The lowest BCUT2D eigenvalue weighted by molar-refractivity contribution is 0.0723. The number of hydrogen-bond acceptors (Lipinski definition) is 7. The number of ether oxygens (including phenoxy) is 2. The zero-order valence-electron chi connectivity index (χ0n) is 20.7. The first kappa shape index (κ1) is 23.5. The summed E-state index contributed by atoms with van der Waals surface area (Å²) in [6.07, 6.45) is 7.88. The molecule has 6 rings (SSSR count). The number of methoxy groups -OCH3 is 1. The molecule has 2 fully saturated rings. The minimum absolute atomic E-state index is 0.0645. The Morgan fingerprint density at radius 2 is 2.11 bits per heavy atom. The van der Waals surface area contributed by atoms with Crippen molar-refractivity contribution in [1.82, 2.24) is 19.7 Å². The van der Waals surface area contributed by atoms with Crippen LogP contribution in [-0.2, 0) is 11.8 Å². The standard InChI is InChI=1S/C28H28FN5O3/c1-34-14-20(13-31-34)22(16-5-6-27(36-2)23(29)8-16)11-26(35)17-3-4-18-12-30-28(32-24(18)9-17)33-25-10-21-7-19(25)15-37-21/h3-6,8-9,12-14,19,21-22,25H,7,10-11,15H2,1-2H3,(H,30,32,33)/t19-,21-,22+,25+/m1/s1. The first-order valence-electron chi connectivity index (χ1n) is 12.5. The SMILES string of the molecule is COc1ccc([C@H](CC(=O)c2ccc3cnc(N[C@H]4C[C@H]5C[C@@H]4CO5)nc3c2)c2cnn(C)c2)cc1F. The fraction of sp³-hybridized carbons (Fsp3) is 0.357. The second-order valence-electron chi connectivity index (χ2n) is 9.93. The van der Waals surface area contributed by atoms with Crippen molar-refractivity contribution in [3.63, 3.8) is 0 Å². The molecule has 1 aliphatic heterocycles. The van der Waals surface area contributed by atoms with E-state index < -0.39 is 5.82 Å². The van der Waals surface area contributed by atoms with Gasteiger partial charge in [0, 0.05) is 54.7 Å². The highest BCUT2D eigenvalue weighted by Gasteiger charge is 2.41. The Morgan fingerprint density at radius 1 is 1.22 bits per heavy atom. The van der Waals surface area contributed by atoms with E-state index in [-0.39, 0.29) is 23.9 Å². The third-order valence-corrected chi connectivity index (χ3v) is 7.51. The normalized spacial score (nSPS) is 21.3. The molecular weight excluding hydrogens is 473 g/mol. The van der Waals surface area contributed by atoms with Crippen molar-refractivity contribution in [1.29, 1.82) is 0 Å². The summed E-state index contributed by atoms with van der Waals surface area (Å²) >= 11 is 0. The van der Waals surface area contributed by atoms with Gasteiger partial charge in [-0.3, -0.25) is 9.48 Å². The van der Waals surface area contributed by atoms with Gasteiger partial charge in [-0.15, -0.1) is 0 Å². The number of ketones is 1. The van der Waals surface area contributed by atoms with E-state index in [4.69, 9.17) is 14.5 Å². The Balaban J connectivity index is 1.26. The fourth-order valence-corrected chi connectivity index (χ4v) is 5.51. The van der Waals surface area contributed by atoms with Gasteiger partial charge in [0.1, 0.15) is 0 Å². The van der Waals surface area contributed by atoms with Gasteiger partial charge in [0.05, 0.1) is 31.5 Å². The number of nitrogens with one attached hydrogen (secondary N) is 1. The largest absolute Gasteiger partial charge is 0.494 e. The van der Waals surface area contributed by atoms with Gasteiger partial charge in [0.25, 0.3) is 0 Å². The lowest BCUT2D eigenvalue weighted by Crippen LogP contribution is -2.30. The van der Waals surface area contributed by atoms with Crippen LogP contribution in [0, 0.1) is 11.7 Å². The number of aromatic nitrogens is 4. The van der Waals surface area contributed by atoms with Crippen LogP contribution < -0.4 is 10.1 Å². The molecule has 0 radical (unpaired) electrons. The van der Waals surface area contributed by atoms with Crippen LogP contribution in [-0.4, -0.2) is 51.4 Å². The number of carbonyl (C=O) groups is 1. The van der Waals surface area contributed by atoms with Crippen LogP contribution in [0.1, 0.15) is 46.7 Å². The van der Waals surface area contributed by atoms with E-state index in [9.17, 15) is 9.18 Å². The number of nitrogens with zero attached hydrogens (tertiary/aromatic N) is 4. The summed E-state index contributed by atoms with van der Waals surface area (Å²) in [6, 6.07) is 10.6. The second-order valence-corrected chi connectivity index (χ2v) is 9.93. The monoisotopic (exact) mass is 501 g/mol. The van der Waals surface area contributed by atoms with E-state index in [1.807, 2.05) is 25.4 Å². The van der Waals surface area contributed by atoms with E-state index >= 15 is 0 Å². The third-order valence-electron chi connectivity index (χ3n) is 7.51. The number of carbonyl (C=O) groups excluding carboxylic acids is 1. The molecule has 8 nitrogen and oxygen atoms in total. The molecule has 0 spiro atoms. The Bertz CT molecular complexity index is 1470. The van der Waals surface area contributed by atoms with Crippen molar-refractivity contribution in [2.45, 2.75) is 37.3 Å². The Labute approximate surface area is 213 Å². The van der Waals surface area contributed by atoms with Gasteiger partial charge in [-0.1, -0.05) is 18.2 Å². The number of Topliss-reactive ketones (excluding diaryl/α,β-unsaturated/α-hetero) is 1. The minimum atomic E-state index is -0.467. The van der Waals surface area contributed by atoms with Crippen LogP contribution in [0.15, 0.2) is 55.0 Å². The van der Waals surface area contributed by atoms with Gasteiger partial charge in [-0.25, -0.2) is 14.4 Å². The minimum Gasteiger partial charge on any atom is -0.494 e. The fourth-order valence-electron chi connectivity index (χ4n) is 5.51. The molecule has 2 bridgehead atoms. The first-order chi connectivity index (χ1) is 18.0. The smallest absolute Gasteiger partial charge is 0.223 e. The maximum atomic E-state index is 14.5. The predicted octanol–water partition coefficient (Wildman–Crippen LogP) is 4.51. The van der Waals surface area contributed by atoms with Crippen LogP contribution in [0.3, 0.4) is 0 Å². The summed E-state index contributed by atoms with van der Waals surface area (Å²) in [4.78, 5) is 22.7. The molecule has 3 heterocycles. The molecule has 37 heavy (non-hydrogen) atoms. The molecule has 1 aliphatic carbocycles. The molecule has 1 saturated heterocycles. The maximum Gasteiger partial charge on any atom is 0.223 e. The zero-order chi connectivity index (χ0) is 25.5. The number of aryl methyl sites for hydroxylation is 1. The molecule has 190 valence electrons. The predicted molar refractivity (Wildman–Crippen MR) is 136 cm³/mol. The molecule has 2 aromatic heterocycles. The Morgan fingerprint density at radius 3 is 2.81 bits per heavy atom. The summed E-state index contributed by atoms with van der Waals surface area (Å²) < 4.78 is 27.0. The van der Waals surface area contributed by atoms with E-state index in [2.05, 4.69) is 15.4 Å². The van der Waals surface area contributed by atoms with Crippen LogP contribution in [0.25, 0.3) is 10.9 Å². The van der Waals surface area contributed by atoms with Crippen molar-refractivity contribution in [2.24, 2.45) is 13.0 Å². The van der Waals surface area contributed by atoms with E-state index in [0.29, 0.717) is 40.7 Å². The van der Waals surface area contributed by atoms with Gasteiger partial charge in [-0.2, -0.15) is 5.10 Å². The summed E-state index contributed by atoms with van der Waals surface area (Å²) in [5.74, 6) is 0.328. The summed E-state index contributed by atoms with van der Waals surface area (Å²) in [5.41, 5.74) is 2.78. The number of benzene rings is 2. The number of halogens is 1. The molecular formula is C28H28FN5O3. The van der Waals surface area contributed by atoms with E-state index in [1.165, 1.54) is 13.2 Å². The van der Waals surface area contributed by atoms with Crippen LogP contribution in [0.2, 0.25) is 0 Å². The summed E-state index contributed by atoms with van der Waals surface area (Å²) in [5, 5.41) is 8.58. The first-order valence-corrected chi connectivity index (χ1v) is 12.5. The Kier molecular flexibility index (Phi) is 6.08. The van der Waals surface area contributed by atoms with Gasteiger partial charge in [-0.05, 0) is 42.2 Å². The number of anilines is 1. The van der Waals surface area contributed by atoms with Crippen LogP contribution in [0.4, 0.5) is 10.3 Å². The van der Waals surface area contributed by atoms with Crippen molar-refractivity contribution < 1.29 is 18.7 Å². The second kappa shape index (κ2) is 9.55. The van der Waals surface area contributed by atoms with E-state index in [0.717, 1.165) is 30.4 Å². The van der Waals surface area contributed by atoms with Gasteiger partial charge in [0.15, 0.2) is 17.3 Å².